The van der Waals surface area contributed by atoms with E-state index in [1.54, 1.807) is 6.07 Å². The van der Waals surface area contributed by atoms with Gasteiger partial charge >= 0.3 is 5.97 Å². The van der Waals surface area contributed by atoms with E-state index in [1.165, 1.54) is 45.3 Å². The van der Waals surface area contributed by atoms with Crippen molar-refractivity contribution in [3.05, 3.63) is 29.8 Å². The lowest BCUT2D eigenvalue weighted by Gasteiger charge is -2.11. The molecule has 0 N–H and O–H groups in total. The zero-order valence-corrected chi connectivity index (χ0v) is 11.6. The fourth-order valence-electron chi connectivity index (χ4n) is 1.23. The first-order chi connectivity index (χ1) is 8.78. The van der Waals surface area contributed by atoms with Crippen molar-refractivity contribution in [1.29, 1.82) is 5.26 Å². The van der Waals surface area contributed by atoms with Crippen molar-refractivity contribution in [3.8, 4) is 6.07 Å². The van der Waals surface area contributed by atoms with Crippen molar-refractivity contribution in [3.63, 3.8) is 0 Å². The lowest BCUT2D eigenvalue weighted by molar-refractivity contribution is 0.0435. The lowest BCUT2D eigenvalue weighted by Crippen LogP contribution is -2.22. The maximum Gasteiger partial charge on any atom is 0.339 e. The smallest absolute Gasteiger partial charge is 0.339 e. The molecule has 19 heavy (non-hydrogen) atoms. The maximum absolute atomic E-state index is 11.8. The number of benzene rings is 1. The second-order valence-corrected chi connectivity index (χ2v) is 6.14. The number of carbonyl (C=O) groups is 1. The van der Waals surface area contributed by atoms with Gasteiger partial charge in [-0.05, 0) is 31.2 Å². The van der Waals surface area contributed by atoms with Crippen LogP contribution in [-0.2, 0) is 14.8 Å². The predicted molar refractivity (Wildman–Crippen MR) is 67.8 cm³/mol. The molecule has 0 aromatic heterocycles. The van der Waals surface area contributed by atoms with E-state index < -0.39 is 22.1 Å². The van der Waals surface area contributed by atoms with Gasteiger partial charge in [0.15, 0.2) is 6.10 Å². The number of esters is 1. The van der Waals surface area contributed by atoms with Crippen LogP contribution >= 0.6 is 0 Å². The number of hydrogen-bond donors (Lipinski definition) is 0. The van der Waals surface area contributed by atoms with Gasteiger partial charge < -0.3 is 4.74 Å². The van der Waals surface area contributed by atoms with Crippen LogP contribution in [0.25, 0.3) is 0 Å². The molecule has 0 unspecified atom stereocenters. The van der Waals surface area contributed by atoms with Crippen molar-refractivity contribution < 1.29 is 17.9 Å². The molecule has 0 bridgehead atoms. The van der Waals surface area contributed by atoms with Gasteiger partial charge in [0.1, 0.15) is 6.07 Å². The SMILES string of the molecule is C[C@H](C#N)OC(=O)c1ccc(S(=O)(=O)N(C)C)cc1. The van der Waals surface area contributed by atoms with Crippen LogP contribution in [0.1, 0.15) is 17.3 Å². The molecular formula is C12H14N2O4S. The summed E-state index contributed by atoms with van der Waals surface area (Å²) in [5.41, 5.74) is 0.194. The van der Waals surface area contributed by atoms with E-state index >= 15 is 0 Å². The van der Waals surface area contributed by atoms with Crippen LogP contribution in [0.4, 0.5) is 0 Å². The minimum atomic E-state index is -3.52. The molecule has 0 spiro atoms. The molecule has 1 aromatic carbocycles. The van der Waals surface area contributed by atoms with Gasteiger partial charge in [0.25, 0.3) is 0 Å². The molecule has 0 aliphatic rings. The highest BCUT2D eigenvalue weighted by Gasteiger charge is 2.18. The first kappa shape index (κ1) is 15.1. The molecule has 0 saturated heterocycles. The van der Waals surface area contributed by atoms with Crippen LogP contribution in [0.5, 0.6) is 0 Å². The first-order valence-electron chi connectivity index (χ1n) is 5.42. The van der Waals surface area contributed by atoms with Gasteiger partial charge in [-0.3, -0.25) is 0 Å². The van der Waals surface area contributed by atoms with Gasteiger partial charge in [-0.25, -0.2) is 17.5 Å². The van der Waals surface area contributed by atoms with Crippen LogP contribution in [0, 0.1) is 11.3 Å². The third-order valence-corrected chi connectivity index (χ3v) is 4.16. The molecule has 0 fully saturated rings. The monoisotopic (exact) mass is 282 g/mol. The van der Waals surface area contributed by atoms with Crippen molar-refractivity contribution in [2.45, 2.75) is 17.9 Å². The van der Waals surface area contributed by atoms with E-state index in [0.29, 0.717) is 0 Å². The third-order valence-electron chi connectivity index (χ3n) is 2.33. The molecule has 0 heterocycles. The first-order valence-corrected chi connectivity index (χ1v) is 6.86. The zero-order valence-electron chi connectivity index (χ0n) is 10.8. The zero-order chi connectivity index (χ0) is 14.6. The van der Waals surface area contributed by atoms with Crippen molar-refractivity contribution in [1.82, 2.24) is 4.31 Å². The van der Waals surface area contributed by atoms with Crippen LogP contribution < -0.4 is 0 Å². The topological polar surface area (TPSA) is 87.5 Å². The Kier molecular flexibility index (Phi) is 4.64. The van der Waals surface area contributed by atoms with Gasteiger partial charge in [0, 0.05) is 14.1 Å². The summed E-state index contributed by atoms with van der Waals surface area (Å²) in [6.07, 6.45) is -0.849. The standard InChI is InChI=1S/C12H14N2O4S/c1-9(8-13)18-12(15)10-4-6-11(7-5-10)19(16,17)14(2)3/h4-7,9H,1-3H3/t9-/m1/s1. The molecule has 0 aliphatic heterocycles. The minimum Gasteiger partial charge on any atom is -0.444 e. The molecule has 6 nitrogen and oxygen atoms in total. The summed E-state index contributed by atoms with van der Waals surface area (Å²) in [6.45, 7) is 1.45. The molecule has 0 aliphatic carbocycles. The molecule has 102 valence electrons. The van der Waals surface area contributed by atoms with E-state index in [4.69, 9.17) is 10.00 Å². The largest absolute Gasteiger partial charge is 0.444 e. The highest BCUT2D eigenvalue weighted by molar-refractivity contribution is 7.89. The summed E-state index contributed by atoms with van der Waals surface area (Å²) in [7, 11) is -0.673. The number of nitriles is 1. The van der Waals surface area contributed by atoms with Crippen molar-refractivity contribution in [2.24, 2.45) is 0 Å². The average Bonchev–Trinajstić information content (AvgIpc) is 2.38. The van der Waals surface area contributed by atoms with E-state index in [1.807, 2.05) is 0 Å². The number of sulfonamides is 1. The molecule has 0 radical (unpaired) electrons. The second kappa shape index (κ2) is 5.82. The van der Waals surface area contributed by atoms with Gasteiger partial charge in [0.2, 0.25) is 10.0 Å². The molecule has 7 heteroatoms. The summed E-state index contributed by atoms with van der Waals surface area (Å²) < 4.78 is 29.5. The summed E-state index contributed by atoms with van der Waals surface area (Å²) >= 11 is 0. The van der Waals surface area contributed by atoms with Crippen LogP contribution in [0.2, 0.25) is 0 Å². The van der Waals surface area contributed by atoms with Crippen LogP contribution in [0.3, 0.4) is 0 Å². The Morgan fingerprint density at radius 1 is 1.32 bits per heavy atom. The van der Waals surface area contributed by atoms with Gasteiger partial charge in [-0.1, -0.05) is 0 Å². The molecule has 0 amide bonds. The molecular weight excluding hydrogens is 268 g/mol. The van der Waals surface area contributed by atoms with Crippen LogP contribution in [-0.4, -0.2) is 38.9 Å². The van der Waals surface area contributed by atoms with E-state index in [9.17, 15) is 13.2 Å². The Morgan fingerprint density at radius 2 is 1.84 bits per heavy atom. The fraction of sp³-hybridized carbons (Fsp3) is 0.333. The Labute approximate surface area is 112 Å². The molecule has 0 saturated carbocycles. The van der Waals surface area contributed by atoms with E-state index in [2.05, 4.69) is 0 Å². The lowest BCUT2D eigenvalue weighted by atomic mass is 10.2. The molecule has 1 aromatic rings. The maximum atomic E-state index is 11.8. The van der Waals surface area contributed by atoms with Gasteiger partial charge in [-0.15, -0.1) is 0 Å². The highest BCUT2D eigenvalue weighted by Crippen LogP contribution is 2.14. The Morgan fingerprint density at radius 3 is 2.26 bits per heavy atom. The summed E-state index contributed by atoms with van der Waals surface area (Å²) in [6, 6.07) is 7.12. The number of carbonyl (C=O) groups excluding carboxylic acids is 1. The minimum absolute atomic E-state index is 0.0855. The number of hydrogen-bond acceptors (Lipinski definition) is 5. The number of ether oxygens (including phenoxy) is 1. The average molecular weight is 282 g/mol. The van der Waals surface area contributed by atoms with E-state index in [0.717, 1.165) is 4.31 Å². The fourth-order valence-corrected chi connectivity index (χ4v) is 2.13. The van der Waals surface area contributed by atoms with Crippen molar-refractivity contribution in [2.75, 3.05) is 14.1 Å². The quantitative estimate of drug-likeness (QED) is 0.769. The summed E-state index contributed by atoms with van der Waals surface area (Å²) in [4.78, 5) is 11.7. The molecule has 1 atom stereocenters. The van der Waals surface area contributed by atoms with E-state index in [-0.39, 0.29) is 10.5 Å². The van der Waals surface area contributed by atoms with Crippen molar-refractivity contribution >= 4 is 16.0 Å². The number of nitrogens with zero attached hydrogens (tertiary/aromatic N) is 2. The highest BCUT2D eigenvalue weighted by atomic mass is 32.2. The normalized spacial score (nSPS) is 12.8. The Balaban J connectivity index is 2.95. The predicted octanol–water partition coefficient (Wildman–Crippen LogP) is 1.01. The Hall–Kier alpha value is -1.91. The molecule has 1 rings (SSSR count). The second-order valence-electron chi connectivity index (χ2n) is 3.99. The third kappa shape index (κ3) is 3.53. The number of rotatable bonds is 4. The Bertz CT molecular complexity index is 600. The summed E-state index contributed by atoms with van der Waals surface area (Å²) in [5.74, 6) is -0.664. The van der Waals surface area contributed by atoms with Crippen LogP contribution in [0.15, 0.2) is 29.2 Å². The van der Waals surface area contributed by atoms with Gasteiger partial charge in [-0.2, -0.15) is 5.26 Å². The summed E-state index contributed by atoms with van der Waals surface area (Å²) in [5, 5.41) is 8.53. The van der Waals surface area contributed by atoms with Gasteiger partial charge in [0.05, 0.1) is 10.5 Å².